The maximum absolute atomic E-state index is 13.1. The van der Waals surface area contributed by atoms with E-state index in [1.165, 1.54) is 52.1 Å². The summed E-state index contributed by atoms with van der Waals surface area (Å²) in [5.41, 5.74) is 11.9. The molecule has 14 N–H and O–H groups in total. The van der Waals surface area contributed by atoms with Crippen LogP contribution < -0.4 is 43.6 Å². The fraction of sp³-hybridized carbons (Fsp3) is 0.436. The van der Waals surface area contributed by atoms with Crippen molar-refractivity contribution in [2.24, 2.45) is 5.73 Å². The number of carboxylic acids is 3. The minimum atomic E-state index is -1.89. The monoisotopic (exact) mass is 1030 g/mol. The highest BCUT2D eigenvalue weighted by atomic mass is 33.1. The second-order valence-electron chi connectivity index (χ2n) is 15.3. The number of aliphatic hydroxyl groups is 1. The van der Waals surface area contributed by atoms with Crippen LogP contribution in [0.1, 0.15) is 41.7 Å². The van der Waals surface area contributed by atoms with Gasteiger partial charge in [0.15, 0.2) is 11.2 Å². The number of fused-ring (bicyclic) bond motifs is 1. The van der Waals surface area contributed by atoms with Crippen LogP contribution in [0.15, 0.2) is 35.3 Å². The number of imide groups is 1. The van der Waals surface area contributed by atoms with Crippen LogP contribution in [-0.4, -0.2) is 177 Å². The van der Waals surface area contributed by atoms with Crippen molar-refractivity contribution in [1.82, 2.24) is 46.1 Å². The van der Waals surface area contributed by atoms with E-state index in [0.29, 0.717) is 39.5 Å². The number of benzene rings is 1. The average Bonchev–Trinajstić information content (AvgIpc) is 3.57. The molecule has 2 saturated heterocycles. The van der Waals surface area contributed by atoms with Crippen LogP contribution in [0, 0.1) is 0 Å². The first-order valence-corrected chi connectivity index (χ1v) is 24.3. The number of anilines is 2. The molecule has 0 bridgehead atoms. The Balaban J connectivity index is 1.04. The Hall–Kier alpha value is -7.09. The second kappa shape index (κ2) is 25.0. The number of esters is 1. The normalized spacial score (nSPS) is 18.4. The number of hydrogen-bond donors (Lipinski definition) is 12. The maximum Gasteiger partial charge on any atom is 0.327 e. The molecule has 4 heterocycles. The molecule has 1 aromatic carbocycles. The van der Waals surface area contributed by atoms with Gasteiger partial charge in [0.05, 0.1) is 30.1 Å². The number of aliphatic hydroxyl groups excluding tert-OH is 1. The third-order valence-electron chi connectivity index (χ3n) is 10.1. The first-order chi connectivity index (χ1) is 33.2. The van der Waals surface area contributed by atoms with E-state index in [2.05, 4.69) is 46.5 Å². The Morgan fingerprint density at radius 1 is 0.914 bits per heavy atom. The Bertz CT molecular complexity index is 2570. The number of hydrogen-bond acceptors (Lipinski definition) is 22. The third kappa shape index (κ3) is 15.5. The van der Waals surface area contributed by atoms with Gasteiger partial charge in [0.1, 0.15) is 42.9 Å². The number of thioether (sulfide) groups is 1. The number of nitrogens with one attached hydrogen (secondary N) is 6. The van der Waals surface area contributed by atoms with Gasteiger partial charge in [0.2, 0.25) is 35.5 Å². The summed E-state index contributed by atoms with van der Waals surface area (Å²) in [4.78, 5) is 153. The maximum atomic E-state index is 13.1. The lowest BCUT2D eigenvalue weighted by molar-refractivity contribution is -0.158. The molecule has 0 radical (unpaired) electrons. The molecular formula is C39H46N12O16S3. The summed E-state index contributed by atoms with van der Waals surface area (Å²) >= 11 is 0.667. The number of likely N-dealkylation sites (tertiary alicyclic amines) is 1. The Kier molecular flexibility index (Phi) is 19.2. The van der Waals surface area contributed by atoms with Crippen LogP contribution in [0.25, 0.3) is 11.2 Å². The van der Waals surface area contributed by atoms with Crippen LogP contribution in [-0.2, 0) is 54.4 Å². The molecule has 31 heteroatoms. The van der Waals surface area contributed by atoms with Gasteiger partial charge in [-0.3, -0.25) is 53.0 Å². The molecule has 5 rings (SSSR count). The molecule has 2 aliphatic rings. The number of carbonyl (C=O) groups is 10. The highest BCUT2D eigenvalue weighted by Gasteiger charge is 2.42. The molecule has 7 atom stereocenters. The highest BCUT2D eigenvalue weighted by Crippen LogP contribution is 2.31. The van der Waals surface area contributed by atoms with Gasteiger partial charge >= 0.3 is 23.9 Å². The largest absolute Gasteiger partial charge is 0.481 e. The van der Waals surface area contributed by atoms with E-state index in [1.807, 2.05) is 0 Å². The van der Waals surface area contributed by atoms with Crippen molar-refractivity contribution in [2.75, 3.05) is 41.4 Å². The summed E-state index contributed by atoms with van der Waals surface area (Å²) < 4.78 is 5.22. The Labute approximate surface area is 406 Å². The first kappa shape index (κ1) is 53.9. The summed E-state index contributed by atoms with van der Waals surface area (Å²) in [7, 11) is 2.76. The zero-order valence-electron chi connectivity index (χ0n) is 36.4. The van der Waals surface area contributed by atoms with Gasteiger partial charge in [-0.2, -0.15) is 4.98 Å². The molecule has 6 amide bonds. The van der Waals surface area contributed by atoms with Crippen LogP contribution in [0.3, 0.4) is 0 Å². The number of ether oxygens (including phenoxy) is 1. The van der Waals surface area contributed by atoms with Crippen LogP contribution >= 0.6 is 33.3 Å². The van der Waals surface area contributed by atoms with E-state index in [0.717, 1.165) is 0 Å². The number of nitrogens with zero attached hydrogens (tertiary/aromatic N) is 4. The molecule has 0 aliphatic carbocycles. The number of aliphatic carboxylic acids is 3. The topological polar surface area (TPSA) is 448 Å². The van der Waals surface area contributed by atoms with E-state index < -0.39 is 151 Å². The summed E-state index contributed by atoms with van der Waals surface area (Å²) in [6.07, 6.45) is -2.72. The molecule has 376 valence electrons. The van der Waals surface area contributed by atoms with Gasteiger partial charge in [-0.15, -0.1) is 11.8 Å². The number of carbonyl (C=O) groups excluding carboxylic acids is 7. The van der Waals surface area contributed by atoms with Gasteiger partial charge < -0.3 is 63.2 Å². The smallest absolute Gasteiger partial charge is 0.327 e. The lowest BCUT2D eigenvalue weighted by Crippen LogP contribution is -2.57. The molecule has 3 aromatic rings. The third-order valence-corrected chi connectivity index (χ3v) is 13.8. The van der Waals surface area contributed by atoms with Crippen molar-refractivity contribution >= 4 is 115 Å². The fourth-order valence-corrected chi connectivity index (χ4v) is 9.89. The van der Waals surface area contributed by atoms with Crippen molar-refractivity contribution < 1.29 is 73.1 Å². The van der Waals surface area contributed by atoms with E-state index in [-0.39, 0.29) is 29.2 Å². The molecule has 1 unspecified atom stereocenters. The number of nitrogen functional groups attached to an aromatic ring is 1. The highest BCUT2D eigenvalue weighted by molar-refractivity contribution is 8.76. The van der Waals surface area contributed by atoms with Gasteiger partial charge in [0, 0.05) is 47.9 Å². The van der Waals surface area contributed by atoms with Crippen molar-refractivity contribution in [1.29, 1.82) is 0 Å². The number of carboxylic acid groups (broad SMARTS) is 3. The number of aromatic nitrogens is 4. The number of aromatic amines is 1. The summed E-state index contributed by atoms with van der Waals surface area (Å²) in [5.74, 6) is -11.2. The molecule has 0 spiro atoms. The minimum absolute atomic E-state index is 0.0125. The van der Waals surface area contributed by atoms with Gasteiger partial charge in [-0.1, -0.05) is 21.6 Å². The SMILES string of the molecule is Nc1nc2ncc(CNc3ccc(C(=O)N[C@H](CCC(=O)NC[C@@H](N)C(=O)N[C@H](CC(=O)O)C(=O)N[C@H](CSC4CC(=O)N(CC(=O)O[C@H]5CSSC[C@@H]5O)C4=O)C(=O)O)C(=O)O)cc3)nc2c(=O)[nH]1. The molecule has 70 heavy (non-hydrogen) atoms. The van der Waals surface area contributed by atoms with E-state index in [1.54, 1.807) is 0 Å². The first-order valence-electron chi connectivity index (χ1n) is 20.7. The molecule has 28 nitrogen and oxygen atoms in total. The van der Waals surface area contributed by atoms with Crippen molar-refractivity contribution in [2.45, 2.75) is 73.9 Å². The molecule has 2 aromatic heterocycles. The van der Waals surface area contributed by atoms with Gasteiger partial charge in [-0.25, -0.2) is 19.6 Å². The fourth-order valence-electron chi connectivity index (χ4n) is 6.34. The minimum Gasteiger partial charge on any atom is -0.481 e. The zero-order valence-corrected chi connectivity index (χ0v) is 38.8. The van der Waals surface area contributed by atoms with Gasteiger partial charge in [0.25, 0.3) is 11.5 Å². The summed E-state index contributed by atoms with van der Waals surface area (Å²) in [6.45, 7) is -1.20. The van der Waals surface area contributed by atoms with Crippen molar-refractivity contribution in [3.63, 3.8) is 0 Å². The van der Waals surface area contributed by atoms with Gasteiger partial charge in [-0.05, 0) is 30.7 Å². The van der Waals surface area contributed by atoms with Crippen molar-refractivity contribution in [3.05, 3.63) is 52.1 Å². The van der Waals surface area contributed by atoms with Crippen LogP contribution in [0.5, 0.6) is 0 Å². The number of H-pyrrole nitrogens is 1. The zero-order chi connectivity index (χ0) is 51.2. The number of rotatable bonds is 24. The van der Waals surface area contributed by atoms with E-state index in [9.17, 15) is 73.2 Å². The van der Waals surface area contributed by atoms with E-state index in [4.69, 9.17) is 16.2 Å². The molecule has 2 aliphatic heterocycles. The molecule has 0 saturated carbocycles. The quantitative estimate of drug-likeness (QED) is 0.0234. The van der Waals surface area contributed by atoms with Crippen molar-refractivity contribution in [3.8, 4) is 0 Å². The predicted molar refractivity (Wildman–Crippen MR) is 247 cm³/mol. The molecular weight excluding hydrogens is 989 g/mol. The van der Waals surface area contributed by atoms with Crippen LogP contribution in [0.2, 0.25) is 0 Å². The molecule has 2 fully saturated rings. The lowest BCUT2D eigenvalue weighted by Gasteiger charge is -2.27. The summed E-state index contributed by atoms with van der Waals surface area (Å²) in [6, 6.07) is -0.946. The predicted octanol–water partition coefficient (Wildman–Crippen LogP) is -3.63. The number of nitrogens with two attached hydrogens (primary N) is 2. The second-order valence-corrected chi connectivity index (χ2v) is 19.1. The standard InChI is InChI=1S/C39H46N12O16S3/c40-19(11-43-26(53)6-5-20(37(63)64)46-32(58)16-1-3-17(4-2-16)42-9-18-10-44-31-30(45-18)35(61)50-39(41)49-31)33(59)47-21(7-28(55)56)34(60)48-22(38(65)66)13-68-25-8-27(54)51(36(25)62)12-29(57)67-24-15-70-69-14-23(24)52/h1-4,10,19-25,42,52H,5-9,11-15,40H2,(H,43,53)(H,46,58)(H,47,59)(H,48,60)(H,55,56)(H,63,64)(H,65,66)(H3,41,44,49,50,61)/t19-,20-,21-,22-,23+,24+,25?/m1/s1. The lowest BCUT2D eigenvalue weighted by atomic mass is 10.1. The van der Waals surface area contributed by atoms with E-state index >= 15 is 0 Å². The number of amides is 6. The summed E-state index contributed by atoms with van der Waals surface area (Å²) in [5, 5.41) is 49.6. The Morgan fingerprint density at radius 3 is 2.27 bits per heavy atom. The average molecular weight is 1040 g/mol. The van der Waals surface area contributed by atoms with Crippen LogP contribution in [0.4, 0.5) is 11.6 Å². The Morgan fingerprint density at radius 2 is 1.60 bits per heavy atom.